The Labute approximate surface area is 184 Å². The molecule has 0 saturated heterocycles. The SMILES string of the molecule is CCCCCCCCCCCCCCCC(CCC[SiH](O)O)CC(C)(C)N.Cl. The van der Waals surface area contributed by atoms with Crippen molar-refractivity contribution in [3.05, 3.63) is 0 Å². The highest BCUT2D eigenvalue weighted by molar-refractivity contribution is 6.40. The molecule has 3 nitrogen and oxygen atoms in total. The lowest BCUT2D eigenvalue weighted by Crippen LogP contribution is -2.34. The van der Waals surface area contributed by atoms with Gasteiger partial charge in [-0.15, -0.1) is 12.4 Å². The van der Waals surface area contributed by atoms with Crippen LogP contribution in [-0.4, -0.2) is 24.4 Å². The first-order valence-corrected chi connectivity index (χ1v) is 13.8. The van der Waals surface area contributed by atoms with Gasteiger partial charge < -0.3 is 15.3 Å². The molecule has 0 radical (unpaired) electrons. The summed E-state index contributed by atoms with van der Waals surface area (Å²) in [5, 5.41) is 0. The van der Waals surface area contributed by atoms with Gasteiger partial charge in [0, 0.05) is 5.54 Å². The summed E-state index contributed by atoms with van der Waals surface area (Å²) in [6.07, 6.45) is 22.5. The van der Waals surface area contributed by atoms with Crippen molar-refractivity contribution in [1.82, 2.24) is 0 Å². The second-order valence-electron chi connectivity index (χ2n) is 9.50. The van der Waals surface area contributed by atoms with Gasteiger partial charge in [-0.3, -0.25) is 0 Å². The Bertz CT molecular complexity index is 311. The molecule has 0 spiro atoms. The molecule has 0 bridgehead atoms. The first-order chi connectivity index (χ1) is 12.8. The van der Waals surface area contributed by atoms with Gasteiger partial charge in [0.1, 0.15) is 0 Å². The van der Waals surface area contributed by atoms with Crippen LogP contribution in [0.3, 0.4) is 0 Å². The Balaban J connectivity index is 0. The summed E-state index contributed by atoms with van der Waals surface area (Å²) in [4.78, 5) is 18.3. The van der Waals surface area contributed by atoms with E-state index in [0.717, 1.165) is 19.3 Å². The van der Waals surface area contributed by atoms with E-state index in [2.05, 4.69) is 20.8 Å². The number of hydrogen-bond acceptors (Lipinski definition) is 3. The third kappa shape index (κ3) is 24.4. The van der Waals surface area contributed by atoms with E-state index in [-0.39, 0.29) is 17.9 Å². The number of unbranched alkanes of at least 4 members (excludes halogenated alkanes) is 12. The quantitative estimate of drug-likeness (QED) is 0.148. The molecule has 1 atom stereocenters. The molecule has 172 valence electrons. The molecule has 0 saturated carbocycles. The highest BCUT2D eigenvalue weighted by Gasteiger charge is 2.19. The largest absolute Gasteiger partial charge is 0.413 e. The molecule has 0 rings (SSSR count). The molecule has 0 aliphatic carbocycles. The second kappa shape index (κ2) is 20.7. The van der Waals surface area contributed by atoms with Crippen molar-refractivity contribution in [3.8, 4) is 0 Å². The van der Waals surface area contributed by atoms with Crippen molar-refractivity contribution in [1.29, 1.82) is 0 Å². The van der Waals surface area contributed by atoms with E-state index in [1.54, 1.807) is 0 Å². The maximum absolute atomic E-state index is 9.17. The number of rotatable bonds is 20. The Hall–Kier alpha value is 0.387. The summed E-state index contributed by atoms with van der Waals surface area (Å²) in [6, 6.07) is 0.625. The van der Waals surface area contributed by atoms with Crippen molar-refractivity contribution in [2.45, 2.75) is 142 Å². The first kappa shape index (κ1) is 30.6. The van der Waals surface area contributed by atoms with Crippen molar-refractivity contribution < 1.29 is 9.59 Å². The summed E-state index contributed by atoms with van der Waals surface area (Å²) >= 11 is 0. The zero-order chi connectivity index (χ0) is 20.4. The van der Waals surface area contributed by atoms with Crippen LogP contribution in [0.4, 0.5) is 0 Å². The van der Waals surface area contributed by atoms with Gasteiger partial charge in [-0.1, -0.05) is 110 Å². The molecule has 1 unspecified atom stereocenters. The van der Waals surface area contributed by atoms with Crippen LogP contribution < -0.4 is 5.73 Å². The lowest BCUT2D eigenvalue weighted by Gasteiger charge is -2.26. The van der Waals surface area contributed by atoms with Crippen molar-refractivity contribution in [2.75, 3.05) is 0 Å². The predicted molar refractivity (Wildman–Crippen MR) is 130 cm³/mol. The summed E-state index contributed by atoms with van der Waals surface area (Å²) in [5.41, 5.74) is 6.11. The van der Waals surface area contributed by atoms with Gasteiger partial charge >= 0.3 is 9.28 Å². The van der Waals surface area contributed by atoms with Gasteiger partial charge in [-0.25, -0.2) is 0 Å². The minimum Gasteiger partial charge on any atom is -0.413 e. The molecule has 5 heteroatoms. The molecular formula is C23H52ClNO2Si. The van der Waals surface area contributed by atoms with Crippen LogP contribution in [0.5, 0.6) is 0 Å². The lowest BCUT2D eigenvalue weighted by atomic mass is 9.85. The zero-order valence-corrected chi connectivity index (χ0v) is 21.2. The first-order valence-electron chi connectivity index (χ1n) is 12.0. The summed E-state index contributed by atoms with van der Waals surface area (Å²) in [6.45, 7) is 6.50. The fourth-order valence-corrected chi connectivity index (χ4v) is 4.73. The Morgan fingerprint density at radius 1 is 0.714 bits per heavy atom. The average molecular weight is 438 g/mol. The van der Waals surface area contributed by atoms with Gasteiger partial charge in [-0.2, -0.15) is 0 Å². The van der Waals surface area contributed by atoms with Crippen LogP contribution in [-0.2, 0) is 0 Å². The third-order valence-corrected chi connectivity index (χ3v) is 6.53. The molecule has 0 aromatic rings. The van der Waals surface area contributed by atoms with E-state index >= 15 is 0 Å². The summed E-state index contributed by atoms with van der Waals surface area (Å²) in [7, 11) is -2.38. The van der Waals surface area contributed by atoms with Gasteiger partial charge in [0.05, 0.1) is 0 Å². The molecule has 0 aliphatic rings. The maximum Gasteiger partial charge on any atom is 0.315 e. The van der Waals surface area contributed by atoms with E-state index in [9.17, 15) is 0 Å². The van der Waals surface area contributed by atoms with E-state index in [1.165, 1.54) is 89.9 Å². The van der Waals surface area contributed by atoms with Crippen LogP contribution >= 0.6 is 12.4 Å². The van der Waals surface area contributed by atoms with Crippen LogP contribution in [0.2, 0.25) is 6.04 Å². The Kier molecular flexibility index (Phi) is 22.6. The lowest BCUT2D eigenvalue weighted by molar-refractivity contribution is 0.312. The standard InChI is InChI=1S/C23H51NO2Si.ClH/c1-4-5-6-7-8-9-10-11-12-13-14-15-16-18-22(21-23(2,3)24)19-17-20-27(25)26;/h22,25-27H,4-21,24H2,1-3H3;1H. The molecular weight excluding hydrogens is 386 g/mol. The van der Waals surface area contributed by atoms with Gasteiger partial charge in [0.15, 0.2) is 0 Å². The Morgan fingerprint density at radius 3 is 1.50 bits per heavy atom. The highest BCUT2D eigenvalue weighted by Crippen LogP contribution is 2.25. The maximum atomic E-state index is 9.17. The normalized spacial score (nSPS) is 13.0. The second-order valence-corrected chi connectivity index (χ2v) is 11.0. The van der Waals surface area contributed by atoms with E-state index < -0.39 is 9.28 Å². The molecule has 4 N–H and O–H groups in total. The number of nitrogens with two attached hydrogens (primary N) is 1. The van der Waals surface area contributed by atoms with E-state index in [1.807, 2.05) is 0 Å². The molecule has 0 heterocycles. The molecule has 0 aromatic carbocycles. The minimum absolute atomic E-state index is 0. The summed E-state index contributed by atoms with van der Waals surface area (Å²) < 4.78 is 0. The zero-order valence-electron chi connectivity index (χ0n) is 19.3. The number of halogens is 1. The smallest absolute Gasteiger partial charge is 0.315 e. The van der Waals surface area contributed by atoms with Crippen molar-refractivity contribution >= 4 is 21.7 Å². The van der Waals surface area contributed by atoms with Crippen LogP contribution in [0.25, 0.3) is 0 Å². The van der Waals surface area contributed by atoms with Crippen LogP contribution in [0.1, 0.15) is 130 Å². The van der Waals surface area contributed by atoms with Gasteiger partial charge in [-0.05, 0) is 32.2 Å². The van der Waals surface area contributed by atoms with Crippen molar-refractivity contribution in [3.63, 3.8) is 0 Å². The third-order valence-electron chi connectivity index (χ3n) is 5.61. The monoisotopic (exact) mass is 437 g/mol. The minimum atomic E-state index is -2.38. The van der Waals surface area contributed by atoms with Gasteiger partial charge in [0.25, 0.3) is 0 Å². The fraction of sp³-hybridized carbons (Fsp3) is 1.00. The molecule has 0 amide bonds. The Morgan fingerprint density at radius 2 is 1.11 bits per heavy atom. The summed E-state index contributed by atoms with van der Waals surface area (Å²) in [5.74, 6) is 0.644. The molecule has 0 aromatic heterocycles. The fourth-order valence-electron chi connectivity index (χ4n) is 4.13. The topological polar surface area (TPSA) is 66.5 Å². The van der Waals surface area contributed by atoms with Crippen molar-refractivity contribution in [2.24, 2.45) is 11.7 Å². The highest BCUT2D eigenvalue weighted by atomic mass is 35.5. The van der Waals surface area contributed by atoms with Gasteiger partial charge in [0.2, 0.25) is 0 Å². The van der Waals surface area contributed by atoms with E-state index in [0.29, 0.717) is 12.0 Å². The average Bonchev–Trinajstić information content (AvgIpc) is 2.57. The van der Waals surface area contributed by atoms with Crippen LogP contribution in [0.15, 0.2) is 0 Å². The molecule has 0 fully saturated rings. The van der Waals surface area contributed by atoms with Crippen LogP contribution in [0, 0.1) is 5.92 Å². The number of hydrogen-bond donors (Lipinski definition) is 3. The molecule has 28 heavy (non-hydrogen) atoms. The van der Waals surface area contributed by atoms with E-state index in [4.69, 9.17) is 15.3 Å². The molecule has 0 aliphatic heterocycles. The predicted octanol–water partition coefficient (Wildman–Crippen LogP) is 6.62.